The van der Waals surface area contributed by atoms with Gasteiger partial charge in [0.05, 0.1) is 10.7 Å². The van der Waals surface area contributed by atoms with Gasteiger partial charge in [0.2, 0.25) is 0 Å². The summed E-state index contributed by atoms with van der Waals surface area (Å²) in [6.45, 7) is 0.996. The second-order valence-electron chi connectivity index (χ2n) is 5.39. The Labute approximate surface area is 160 Å². The van der Waals surface area contributed by atoms with Gasteiger partial charge < -0.3 is 15.4 Å². The molecule has 2 rings (SSSR count). The average Bonchev–Trinajstić information content (AvgIpc) is 2.61. The van der Waals surface area contributed by atoms with E-state index in [4.69, 9.17) is 27.9 Å². The van der Waals surface area contributed by atoms with Gasteiger partial charge in [-0.1, -0.05) is 40.9 Å². The topological polar surface area (TPSA) is 84.5 Å². The first kappa shape index (κ1) is 19.8. The molecule has 0 spiro atoms. The zero-order chi connectivity index (χ0) is 19.1. The Hall–Kier alpha value is -2.57. The summed E-state index contributed by atoms with van der Waals surface area (Å²) >= 11 is 11.8. The lowest BCUT2D eigenvalue weighted by Crippen LogP contribution is -2.32. The molecule has 0 aliphatic carbocycles. The van der Waals surface area contributed by atoms with Crippen molar-refractivity contribution in [3.63, 3.8) is 0 Å². The molecular weight excluding hydrogens is 379 g/mol. The van der Waals surface area contributed by atoms with Gasteiger partial charge in [0.25, 0.3) is 11.8 Å². The normalized spacial score (nSPS) is 10.1. The molecule has 2 N–H and O–H groups in total. The van der Waals surface area contributed by atoms with Gasteiger partial charge in [-0.2, -0.15) is 0 Å². The molecule has 6 nitrogen and oxygen atoms in total. The average molecular weight is 395 g/mol. The van der Waals surface area contributed by atoms with E-state index >= 15 is 0 Å². The highest BCUT2D eigenvalue weighted by Gasteiger charge is 2.12. The summed E-state index contributed by atoms with van der Waals surface area (Å²) in [6.07, 6.45) is 0. The van der Waals surface area contributed by atoms with E-state index in [1.54, 1.807) is 24.3 Å². The van der Waals surface area contributed by atoms with Crippen LogP contribution in [-0.4, -0.2) is 30.9 Å². The van der Waals surface area contributed by atoms with Crippen molar-refractivity contribution in [1.29, 1.82) is 0 Å². The van der Waals surface area contributed by atoms with Crippen molar-refractivity contribution < 1.29 is 19.1 Å². The van der Waals surface area contributed by atoms with E-state index in [1.165, 1.54) is 12.1 Å². The minimum Gasteiger partial charge on any atom is -0.454 e. The van der Waals surface area contributed by atoms with Crippen LogP contribution in [-0.2, 0) is 14.3 Å². The number of carbonyl (C=O) groups excluding carboxylic acids is 3. The van der Waals surface area contributed by atoms with Crippen LogP contribution in [0, 0.1) is 6.92 Å². The molecule has 0 unspecified atom stereocenters. The van der Waals surface area contributed by atoms with Gasteiger partial charge in [-0.25, -0.2) is 0 Å². The number of halogens is 2. The smallest absolute Gasteiger partial charge is 0.325 e. The number of rotatable bonds is 6. The van der Waals surface area contributed by atoms with Crippen LogP contribution in [0.25, 0.3) is 0 Å². The monoisotopic (exact) mass is 394 g/mol. The SMILES string of the molecule is Cc1cccc(C(=O)NCC(=O)OCC(=O)Nc2cc(Cl)ccc2Cl)c1. The van der Waals surface area contributed by atoms with Gasteiger partial charge in [-0.05, 0) is 37.3 Å². The summed E-state index contributed by atoms with van der Waals surface area (Å²) in [5.41, 5.74) is 1.68. The molecule has 26 heavy (non-hydrogen) atoms. The number of aryl methyl sites for hydroxylation is 1. The summed E-state index contributed by atoms with van der Waals surface area (Å²) in [5.74, 6) is -1.72. The van der Waals surface area contributed by atoms with Crippen LogP contribution in [0.4, 0.5) is 5.69 Å². The predicted octanol–water partition coefficient (Wildman–Crippen LogP) is 3.21. The van der Waals surface area contributed by atoms with Crippen LogP contribution >= 0.6 is 23.2 Å². The van der Waals surface area contributed by atoms with Gasteiger partial charge in [0.1, 0.15) is 6.54 Å². The highest BCUT2D eigenvalue weighted by molar-refractivity contribution is 6.35. The molecule has 2 amide bonds. The van der Waals surface area contributed by atoms with Crippen molar-refractivity contribution >= 4 is 46.7 Å². The molecule has 0 saturated heterocycles. The first-order valence-corrected chi connectivity index (χ1v) is 8.36. The fourth-order valence-electron chi connectivity index (χ4n) is 2.02. The summed E-state index contributed by atoms with van der Waals surface area (Å²) < 4.78 is 4.81. The number of esters is 1. The third-order valence-corrected chi connectivity index (χ3v) is 3.80. The van der Waals surface area contributed by atoms with Crippen molar-refractivity contribution in [2.75, 3.05) is 18.5 Å². The van der Waals surface area contributed by atoms with Crippen LogP contribution in [0.15, 0.2) is 42.5 Å². The molecule has 0 aliphatic rings. The van der Waals surface area contributed by atoms with Gasteiger partial charge in [0, 0.05) is 10.6 Å². The predicted molar refractivity (Wildman–Crippen MR) is 99.6 cm³/mol. The molecule has 0 bridgehead atoms. The maximum Gasteiger partial charge on any atom is 0.325 e. The van der Waals surface area contributed by atoms with Gasteiger partial charge in [-0.15, -0.1) is 0 Å². The molecule has 2 aromatic carbocycles. The molecule has 2 aromatic rings. The van der Waals surface area contributed by atoms with E-state index in [9.17, 15) is 14.4 Å². The number of nitrogens with one attached hydrogen (secondary N) is 2. The first-order valence-electron chi connectivity index (χ1n) is 7.60. The fourth-order valence-corrected chi connectivity index (χ4v) is 2.35. The molecule has 0 radical (unpaired) electrons. The van der Waals surface area contributed by atoms with Gasteiger partial charge >= 0.3 is 5.97 Å². The Morgan fingerprint density at radius 2 is 1.85 bits per heavy atom. The lowest BCUT2D eigenvalue weighted by Gasteiger charge is -2.09. The van der Waals surface area contributed by atoms with E-state index in [0.717, 1.165) is 5.56 Å². The number of hydrogen-bond acceptors (Lipinski definition) is 4. The summed E-state index contributed by atoms with van der Waals surface area (Å²) in [7, 11) is 0. The van der Waals surface area contributed by atoms with Crippen LogP contribution in [0.3, 0.4) is 0 Å². The summed E-state index contributed by atoms with van der Waals surface area (Å²) in [5, 5.41) is 5.62. The Bertz CT molecular complexity index is 840. The zero-order valence-corrected chi connectivity index (χ0v) is 15.4. The number of carbonyl (C=O) groups is 3. The molecular formula is C18H16Cl2N2O4. The maximum atomic E-state index is 11.9. The highest BCUT2D eigenvalue weighted by atomic mass is 35.5. The summed E-state index contributed by atoms with van der Waals surface area (Å²) in [4.78, 5) is 35.4. The standard InChI is InChI=1S/C18H16Cl2N2O4/c1-11-3-2-4-12(7-11)18(25)21-9-17(24)26-10-16(23)22-15-8-13(19)5-6-14(15)20/h2-8H,9-10H2,1H3,(H,21,25)(H,22,23). The second kappa shape index (κ2) is 9.22. The van der Waals surface area contributed by atoms with Crippen molar-refractivity contribution in [2.45, 2.75) is 6.92 Å². The molecule has 0 saturated carbocycles. The van der Waals surface area contributed by atoms with Crippen molar-refractivity contribution in [1.82, 2.24) is 5.32 Å². The molecule has 8 heteroatoms. The van der Waals surface area contributed by atoms with Crippen molar-refractivity contribution in [3.05, 3.63) is 63.6 Å². The number of anilines is 1. The molecule has 136 valence electrons. The minimum absolute atomic E-state index is 0.305. The first-order chi connectivity index (χ1) is 12.3. The van der Waals surface area contributed by atoms with E-state index in [-0.39, 0.29) is 6.54 Å². The Kier molecular flexibility index (Phi) is 7.00. The Morgan fingerprint density at radius 1 is 1.08 bits per heavy atom. The maximum absolute atomic E-state index is 11.9. The van der Waals surface area contributed by atoms with E-state index < -0.39 is 24.4 Å². The lowest BCUT2D eigenvalue weighted by molar-refractivity contribution is -0.146. The molecule has 0 fully saturated rings. The van der Waals surface area contributed by atoms with Crippen LogP contribution < -0.4 is 10.6 Å². The number of ether oxygens (including phenoxy) is 1. The third-order valence-electron chi connectivity index (χ3n) is 3.24. The Morgan fingerprint density at radius 3 is 2.58 bits per heavy atom. The molecule has 0 atom stereocenters. The van der Waals surface area contributed by atoms with Crippen molar-refractivity contribution in [3.8, 4) is 0 Å². The zero-order valence-electron chi connectivity index (χ0n) is 13.8. The second-order valence-corrected chi connectivity index (χ2v) is 6.23. The lowest BCUT2D eigenvalue weighted by atomic mass is 10.1. The minimum atomic E-state index is -0.738. The van der Waals surface area contributed by atoms with E-state index in [2.05, 4.69) is 10.6 Å². The van der Waals surface area contributed by atoms with E-state index in [0.29, 0.717) is 21.3 Å². The van der Waals surface area contributed by atoms with Crippen LogP contribution in [0.1, 0.15) is 15.9 Å². The number of hydrogen-bond donors (Lipinski definition) is 2. The Balaban J connectivity index is 1.77. The molecule has 0 heterocycles. The van der Waals surface area contributed by atoms with Crippen LogP contribution in [0.5, 0.6) is 0 Å². The van der Waals surface area contributed by atoms with E-state index in [1.807, 2.05) is 13.0 Å². The molecule has 0 aliphatic heterocycles. The van der Waals surface area contributed by atoms with Crippen LogP contribution in [0.2, 0.25) is 10.0 Å². The molecule has 0 aromatic heterocycles. The van der Waals surface area contributed by atoms with Gasteiger partial charge in [0.15, 0.2) is 6.61 Å². The number of amides is 2. The third kappa shape index (κ3) is 6.06. The quantitative estimate of drug-likeness (QED) is 0.736. The summed E-state index contributed by atoms with van der Waals surface area (Å²) in [6, 6.07) is 11.5. The highest BCUT2D eigenvalue weighted by Crippen LogP contribution is 2.25. The largest absolute Gasteiger partial charge is 0.454 e. The fraction of sp³-hybridized carbons (Fsp3) is 0.167. The number of benzene rings is 2. The van der Waals surface area contributed by atoms with Gasteiger partial charge in [-0.3, -0.25) is 14.4 Å². The van der Waals surface area contributed by atoms with Crippen molar-refractivity contribution in [2.24, 2.45) is 0 Å².